The van der Waals surface area contributed by atoms with E-state index in [0.29, 0.717) is 11.1 Å². The van der Waals surface area contributed by atoms with Gasteiger partial charge >= 0.3 is 11.9 Å². The maximum absolute atomic E-state index is 14.7. The molecule has 9 nitrogen and oxygen atoms in total. The van der Waals surface area contributed by atoms with Crippen molar-refractivity contribution in [3.05, 3.63) is 59.7 Å². The van der Waals surface area contributed by atoms with Gasteiger partial charge in [-0.3, -0.25) is 19.3 Å². The normalized spacial score (nSPS) is 28.5. The number of phenols is 2. The minimum absolute atomic E-state index is 0.0171. The molecule has 4 unspecified atom stereocenters. The molecule has 2 heterocycles. The van der Waals surface area contributed by atoms with Gasteiger partial charge in [0.05, 0.1) is 25.3 Å². The molecule has 4 atom stereocenters. The highest BCUT2D eigenvalue weighted by molar-refractivity contribution is 6.17. The van der Waals surface area contributed by atoms with Crippen LogP contribution in [0.25, 0.3) is 0 Å². The number of ether oxygens (including phenoxy) is 2. The molecule has 0 radical (unpaired) electrons. The Balaban J connectivity index is 2.08. The molecule has 4 rings (SSSR count). The molecule has 36 heavy (non-hydrogen) atoms. The van der Waals surface area contributed by atoms with Crippen LogP contribution in [0.3, 0.4) is 0 Å². The predicted octanol–water partition coefficient (Wildman–Crippen LogP) is 2.44. The molecule has 0 spiro atoms. The van der Waals surface area contributed by atoms with Gasteiger partial charge in [-0.15, -0.1) is 0 Å². The van der Waals surface area contributed by atoms with Gasteiger partial charge in [0, 0.05) is 13.1 Å². The molecule has 0 amide bonds. The van der Waals surface area contributed by atoms with E-state index in [2.05, 4.69) is 0 Å². The van der Waals surface area contributed by atoms with Crippen LogP contribution in [-0.2, 0) is 23.9 Å². The number of carbonyl (C=O) groups excluding carboxylic acids is 3. The van der Waals surface area contributed by atoms with E-state index in [1.807, 2.05) is 4.90 Å². The number of phenolic OH excluding ortho intramolecular Hbond substituents is 2. The number of hydrogen-bond donors (Lipinski definition) is 2. The molecule has 2 aromatic carbocycles. The van der Waals surface area contributed by atoms with E-state index in [1.54, 1.807) is 57.1 Å². The fourth-order valence-electron chi connectivity index (χ4n) is 6.20. The molecule has 0 aliphatic carbocycles. The summed E-state index contributed by atoms with van der Waals surface area (Å²) in [5.74, 6) is -2.08. The van der Waals surface area contributed by atoms with Gasteiger partial charge in [0.25, 0.3) is 0 Å². The van der Waals surface area contributed by atoms with Crippen molar-refractivity contribution in [3.63, 3.8) is 0 Å². The van der Waals surface area contributed by atoms with Gasteiger partial charge in [-0.05, 0) is 63.3 Å². The number of aromatic hydroxyl groups is 2. The topological polar surface area (TPSA) is 117 Å². The summed E-state index contributed by atoms with van der Waals surface area (Å²) in [6.45, 7) is 3.46. The SMILES string of the molecule is CCOC(=O)C12CN(C)CC(C(=O)OCC)(C1=O)C(c1cccc(O)c1)N(C)C2c1cccc(O)c1. The van der Waals surface area contributed by atoms with Gasteiger partial charge in [-0.1, -0.05) is 24.3 Å². The molecule has 2 fully saturated rings. The molecule has 0 saturated carbocycles. The first-order valence-electron chi connectivity index (χ1n) is 12.0. The summed E-state index contributed by atoms with van der Waals surface area (Å²) in [5, 5.41) is 20.6. The molecule has 2 saturated heterocycles. The van der Waals surface area contributed by atoms with Crippen LogP contribution in [-0.4, -0.2) is 78.1 Å². The third-order valence-electron chi connectivity index (χ3n) is 7.25. The average Bonchev–Trinajstić information content (AvgIpc) is 2.81. The number of esters is 2. The largest absolute Gasteiger partial charge is 0.508 e. The Morgan fingerprint density at radius 3 is 1.64 bits per heavy atom. The number of likely N-dealkylation sites (tertiary alicyclic amines) is 2. The molecule has 9 heteroatoms. The molecular formula is C27H32N2O7. The van der Waals surface area contributed by atoms with Crippen LogP contribution in [0, 0.1) is 10.8 Å². The van der Waals surface area contributed by atoms with Crippen molar-refractivity contribution < 1.29 is 34.1 Å². The zero-order chi connectivity index (χ0) is 26.3. The fourth-order valence-corrected chi connectivity index (χ4v) is 6.20. The highest BCUT2D eigenvalue weighted by Crippen LogP contribution is 2.60. The van der Waals surface area contributed by atoms with Crippen molar-refractivity contribution in [2.75, 3.05) is 40.4 Å². The van der Waals surface area contributed by atoms with Crippen molar-refractivity contribution in [2.24, 2.45) is 10.8 Å². The minimum atomic E-state index is -1.77. The molecule has 2 aliphatic rings. The van der Waals surface area contributed by atoms with Crippen molar-refractivity contribution in [2.45, 2.75) is 25.9 Å². The van der Waals surface area contributed by atoms with Crippen LogP contribution in [0.5, 0.6) is 11.5 Å². The predicted molar refractivity (Wildman–Crippen MR) is 130 cm³/mol. The lowest BCUT2D eigenvalue weighted by Crippen LogP contribution is -2.75. The standard InChI is InChI=1S/C27H32N2O7/c1-5-35-24(33)26-15-28(3)16-27(23(26)32,25(34)36-6-2)22(18-10-8-12-20(31)14-18)29(4)21(26)17-9-7-11-19(30)13-17/h7-14,21-22,30-31H,5-6,15-16H2,1-4H3. The molecule has 0 aromatic heterocycles. The van der Waals surface area contributed by atoms with Crippen molar-refractivity contribution in [1.29, 1.82) is 0 Å². The molecule has 2 N–H and O–H groups in total. The number of ketones is 1. The number of carbonyl (C=O) groups is 3. The Labute approximate surface area is 210 Å². The summed E-state index contributed by atoms with van der Waals surface area (Å²) in [6, 6.07) is 11.0. The van der Waals surface area contributed by atoms with Crippen molar-refractivity contribution in [1.82, 2.24) is 9.80 Å². The molecule has 2 aliphatic heterocycles. The monoisotopic (exact) mass is 496 g/mol. The second kappa shape index (κ2) is 9.55. The van der Waals surface area contributed by atoms with Crippen LogP contribution < -0.4 is 0 Å². The lowest BCUT2D eigenvalue weighted by molar-refractivity contribution is -0.203. The Morgan fingerprint density at radius 1 is 0.861 bits per heavy atom. The van der Waals surface area contributed by atoms with E-state index >= 15 is 0 Å². The number of piperidine rings is 2. The van der Waals surface area contributed by atoms with E-state index in [9.17, 15) is 24.6 Å². The first-order valence-corrected chi connectivity index (χ1v) is 12.0. The quantitative estimate of drug-likeness (QED) is 0.459. The summed E-state index contributed by atoms with van der Waals surface area (Å²) in [6.07, 6.45) is 0. The van der Waals surface area contributed by atoms with Gasteiger partial charge in [-0.2, -0.15) is 0 Å². The Bertz CT molecular complexity index is 1100. The number of hydrogen-bond acceptors (Lipinski definition) is 9. The van der Waals surface area contributed by atoms with Gasteiger partial charge in [-0.25, -0.2) is 0 Å². The lowest BCUT2D eigenvalue weighted by Gasteiger charge is -2.61. The van der Waals surface area contributed by atoms with Gasteiger partial charge in [0.15, 0.2) is 16.6 Å². The van der Waals surface area contributed by atoms with E-state index in [-0.39, 0.29) is 37.8 Å². The van der Waals surface area contributed by atoms with E-state index in [4.69, 9.17) is 9.47 Å². The summed E-state index contributed by atoms with van der Waals surface area (Å²) >= 11 is 0. The number of benzene rings is 2. The summed E-state index contributed by atoms with van der Waals surface area (Å²) in [4.78, 5) is 45.9. The minimum Gasteiger partial charge on any atom is -0.508 e. The summed E-state index contributed by atoms with van der Waals surface area (Å²) < 4.78 is 11.0. The molecule has 2 aromatic rings. The maximum atomic E-state index is 14.7. The molecular weight excluding hydrogens is 464 g/mol. The Kier molecular flexibility index (Phi) is 6.81. The van der Waals surface area contributed by atoms with Gasteiger partial charge < -0.3 is 24.6 Å². The van der Waals surface area contributed by atoms with E-state index < -0.39 is 40.6 Å². The zero-order valence-electron chi connectivity index (χ0n) is 20.9. The second-order valence-corrected chi connectivity index (χ2v) is 9.55. The third-order valence-corrected chi connectivity index (χ3v) is 7.25. The Hall–Kier alpha value is -3.43. The van der Waals surface area contributed by atoms with Gasteiger partial charge in [0.2, 0.25) is 0 Å². The van der Waals surface area contributed by atoms with Crippen LogP contribution in [0.15, 0.2) is 48.5 Å². The fraction of sp³-hybridized carbons (Fsp3) is 0.444. The van der Waals surface area contributed by atoms with E-state index in [0.717, 1.165) is 0 Å². The lowest BCUT2D eigenvalue weighted by atomic mass is 9.54. The number of nitrogens with zero attached hydrogens (tertiary/aromatic N) is 2. The molecule has 2 bridgehead atoms. The molecule has 192 valence electrons. The first kappa shape index (κ1) is 25.7. The number of Topliss-reactive ketones (excluding diaryl/α,β-unsaturated/α-hetero) is 1. The summed E-state index contributed by atoms with van der Waals surface area (Å²) in [5.41, 5.74) is -2.49. The van der Waals surface area contributed by atoms with Crippen LogP contribution in [0.1, 0.15) is 37.1 Å². The average molecular weight is 497 g/mol. The van der Waals surface area contributed by atoms with Crippen molar-refractivity contribution >= 4 is 17.7 Å². The van der Waals surface area contributed by atoms with Crippen LogP contribution in [0.4, 0.5) is 0 Å². The smallest absolute Gasteiger partial charge is 0.322 e. The van der Waals surface area contributed by atoms with Crippen LogP contribution in [0.2, 0.25) is 0 Å². The van der Waals surface area contributed by atoms with E-state index in [1.165, 1.54) is 24.3 Å². The van der Waals surface area contributed by atoms with Gasteiger partial charge in [0.1, 0.15) is 11.5 Å². The number of rotatable bonds is 6. The van der Waals surface area contributed by atoms with Crippen molar-refractivity contribution in [3.8, 4) is 11.5 Å². The van der Waals surface area contributed by atoms with Crippen LogP contribution >= 0.6 is 0 Å². The first-order chi connectivity index (χ1) is 17.1. The summed E-state index contributed by atoms with van der Waals surface area (Å²) in [7, 11) is 3.49. The highest BCUT2D eigenvalue weighted by atomic mass is 16.5. The maximum Gasteiger partial charge on any atom is 0.322 e. The highest BCUT2D eigenvalue weighted by Gasteiger charge is 2.74. The third kappa shape index (κ3) is 3.74. The second-order valence-electron chi connectivity index (χ2n) is 9.55. The number of fused-ring (bicyclic) bond motifs is 2. The zero-order valence-corrected chi connectivity index (χ0v) is 20.9. The Morgan fingerprint density at radius 2 is 1.28 bits per heavy atom.